The molecule has 158 valence electrons. The summed E-state index contributed by atoms with van der Waals surface area (Å²) < 4.78 is 10.8. The average Bonchev–Trinajstić information content (AvgIpc) is 2.63. The van der Waals surface area contributed by atoms with E-state index in [1.54, 1.807) is 7.05 Å². The van der Waals surface area contributed by atoms with E-state index in [-0.39, 0.29) is 0 Å². The van der Waals surface area contributed by atoms with Gasteiger partial charge in [0.2, 0.25) is 0 Å². The molecule has 0 saturated heterocycles. The van der Waals surface area contributed by atoms with E-state index in [9.17, 15) is 4.79 Å². The molecule has 1 amide bonds. The lowest BCUT2D eigenvalue weighted by molar-refractivity contribution is 0.0636. The molecule has 0 aliphatic carbocycles. The summed E-state index contributed by atoms with van der Waals surface area (Å²) in [6.45, 7) is 10.6. The number of nitrogens with zero attached hydrogens (tertiary/aromatic N) is 1. The number of hydrogen-bond donors (Lipinski definition) is 3. The predicted molar refractivity (Wildman–Crippen MR) is 115 cm³/mol. The van der Waals surface area contributed by atoms with Crippen LogP contribution in [0.4, 0.5) is 10.5 Å². The van der Waals surface area contributed by atoms with E-state index in [2.05, 4.69) is 27.9 Å². The van der Waals surface area contributed by atoms with Gasteiger partial charge < -0.3 is 20.1 Å². The molecule has 0 heterocycles. The molecule has 0 aliphatic rings. The number of anilines is 1. The van der Waals surface area contributed by atoms with Gasteiger partial charge in [-0.25, -0.2) is 4.79 Å². The molecule has 0 radical (unpaired) electrons. The second kappa shape index (κ2) is 13.0. The van der Waals surface area contributed by atoms with Crippen LogP contribution in [0, 0.1) is 0 Å². The number of nitrogens with one attached hydrogen (secondary N) is 3. The molecule has 0 spiro atoms. The van der Waals surface area contributed by atoms with Gasteiger partial charge in [0.25, 0.3) is 0 Å². The van der Waals surface area contributed by atoms with Gasteiger partial charge in [-0.1, -0.05) is 25.5 Å². The Morgan fingerprint density at radius 1 is 1.07 bits per heavy atom. The van der Waals surface area contributed by atoms with E-state index in [1.807, 2.05) is 45.0 Å². The molecule has 7 nitrogen and oxygen atoms in total. The smallest absolute Gasteiger partial charge is 0.412 e. The van der Waals surface area contributed by atoms with Crippen LogP contribution in [0.3, 0.4) is 0 Å². The highest BCUT2D eigenvalue weighted by Gasteiger charge is 2.16. The van der Waals surface area contributed by atoms with Gasteiger partial charge in [0.1, 0.15) is 5.60 Å². The maximum absolute atomic E-state index is 11.8. The summed E-state index contributed by atoms with van der Waals surface area (Å²) in [6.07, 6.45) is 2.64. The molecule has 28 heavy (non-hydrogen) atoms. The number of hydrogen-bond acceptors (Lipinski definition) is 4. The SMILES string of the molecule is CCCCOCCNC(=NC)NCCc1ccc(NC(=O)OC(C)(C)C)cc1. The first-order valence-corrected chi connectivity index (χ1v) is 9.95. The molecule has 1 aromatic carbocycles. The summed E-state index contributed by atoms with van der Waals surface area (Å²) >= 11 is 0. The van der Waals surface area contributed by atoms with Crippen molar-refractivity contribution in [1.82, 2.24) is 10.6 Å². The lowest BCUT2D eigenvalue weighted by Crippen LogP contribution is -2.39. The fraction of sp³-hybridized carbons (Fsp3) is 0.619. The van der Waals surface area contributed by atoms with Gasteiger partial charge in [0.05, 0.1) is 6.61 Å². The Kier molecular flexibility index (Phi) is 11.0. The molecule has 0 atom stereocenters. The monoisotopic (exact) mass is 392 g/mol. The van der Waals surface area contributed by atoms with Crippen LogP contribution in [-0.2, 0) is 15.9 Å². The minimum Gasteiger partial charge on any atom is -0.444 e. The fourth-order valence-corrected chi connectivity index (χ4v) is 2.31. The second-order valence-electron chi connectivity index (χ2n) is 7.47. The summed E-state index contributed by atoms with van der Waals surface area (Å²) in [7, 11) is 1.75. The van der Waals surface area contributed by atoms with E-state index in [1.165, 1.54) is 5.56 Å². The molecule has 0 aromatic heterocycles. The average molecular weight is 393 g/mol. The Morgan fingerprint density at radius 3 is 2.36 bits per heavy atom. The summed E-state index contributed by atoms with van der Waals surface area (Å²) in [4.78, 5) is 16.0. The van der Waals surface area contributed by atoms with Crippen LogP contribution in [0.5, 0.6) is 0 Å². The number of ether oxygens (including phenoxy) is 2. The van der Waals surface area contributed by atoms with Crippen molar-refractivity contribution in [2.24, 2.45) is 4.99 Å². The van der Waals surface area contributed by atoms with Crippen LogP contribution in [-0.4, -0.2) is 51.0 Å². The first-order chi connectivity index (χ1) is 13.3. The van der Waals surface area contributed by atoms with Gasteiger partial charge in [-0.2, -0.15) is 0 Å². The van der Waals surface area contributed by atoms with Crippen molar-refractivity contribution >= 4 is 17.7 Å². The third-order valence-electron chi connectivity index (χ3n) is 3.71. The highest BCUT2D eigenvalue weighted by atomic mass is 16.6. The van der Waals surface area contributed by atoms with Crippen LogP contribution in [0.2, 0.25) is 0 Å². The number of aliphatic imine (C=N–C) groups is 1. The minimum atomic E-state index is -0.510. The van der Waals surface area contributed by atoms with E-state index in [0.717, 1.165) is 44.9 Å². The van der Waals surface area contributed by atoms with Gasteiger partial charge in [-0.05, 0) is 51.3 Å². The Bertz CT molecular complexity index is 595. The van der Waals surface area contributed by atoms with E-state index < -0.39 is 11.7 Å². The Hall–Kier alpha value is -2.28. The number of rotatable bonds is 10. The van der Waals surface area contributed by atoms with Crippen molar-refractivity contribution in [2.75, 3.05) is 38.7 Å². The number of carbonyl (C=O) groups is 1. The van der Waals surface area contributed by atoms with Crippen molar-refractivity contribution in [3.05, 3.63) is 29.8 Å². The highest BCUT2D eigenvalue weighted by Crippen LogP contribution is 2.13. The highest BCUT2D eigenvalue weighted by molar-refractivity contribution is 5.84. The zero-order valence-electron chi connectivity index (χ0n) is 17.9. The van der Waals surface area contributed by atoms with Gasteiger partial charge in [0, 0.05) is 32.4 Å². The van der Waals surface area contributed by atoms with Gasteiger partial charge in [-0.15, -0.1) is 0 Å². The van der Waals surface area contributed by atoms with Crippen molar-refractivity contribution in [3.63, 3.8) is 0 Å². The lowest BCUT2D eigenvalue weighted by atomic mass is 10.1. The number of amides is 1. The second-order valence-corrected chi connectivity index (χ2v) is 7.47. The Morgan fingerprint density at radius 2 is 1.75 bits per heavy atom. The van der Waals surface area contributed by atoms with Crippen LogP contribution < -0.4 is 16.0 Å². The molecule has 1 aromatic rings. The third-order valence-corrected chi connectivity index (χ3v) is 3.71. The number of guanidine groups is 1. The van der Waals surface area contributed by atoms with Crippen LogP contribution >= 0.6 is 0 Å². The molecule has 7 heteroatoms. The topological polar surface area (TPSA) is 84.0 Å². The number of benzene rings is 1. The van der Waals surface area contributed by atoms with Gasteiger partial charge in [0.15, 0.2) is 5.96 Å². The Balaban J connectivity index is 2.28. The van der Waals surface area contributed by atoms with Gasteiger partial charge in [-0.3, -0.25) is 10.3 Å². The van der Waals surface area contributed by atoms with Crippen LogP contribution in [0.1, 0.15) is 46.1 Å². The maximum Gasteiger partial charge on any atom is 0.412 e. The predicted octanol–water partition coefficient (Wildman–Crippen LogP) is 3.56. The van der Waals surface area contributed by atoms with Crippen molar-refractivity contribution in [3.8, 4) is 0 Å². The molecule has 3 N–H and O–H groups in total. The van der Waals surface area contributed by atoms with Crippen LogP contribution in [0.15, 0.2) is 29.3 Å². The quantitative estimate of drug-likeness (QED) is 0.322. The maximum atomic E-state index is 11.8. The Labute approximate surface area is 169 Å². The minimum absolute atomic E-state index is 0.449. The molecule has 0 unspecified atom stereocenters. The summed E-state index contributed by atoms with van der Waals surface area (Å²) in [5.41, 5.74) is 1.37. The molecule has 1 rings (SSSR count). The first-order valence-electron chi connectivity index (χ1n) is 9.95. The summed E-state index contributed by atoms with van der Waals surface area (Å²) in [5, 5.41) is 9.25. The fourth-order valence-electron chi connectivity index (χ4n) is 2.31. The van der Waals surface area contributed by atoms with E-state index in [0.29, 0.717) is 12.3 Å². The summed E-state index contributed by atoms with van der Waals surface area (Å²) in [6, 6.07) is 7.73. The largest absolute Gasteiger partial charge is 0.444 e. The lowest BCUT2D eigenvalue weighted by Gasteiger charge is -2.19. The molecule has 0 saturated carbocycles. The third kappa shape index (κ3) is 11.4. The first kappa shape index (κ1) is 23.8. The molecule has 0 aliphatic heterocycles. The van der Waals surface area contributed by atoms with Crippen molar-refractivity contribution < 1.29 is 14.3 Å². The van der Waals surface area contributed by atoms with E-state index >= 15 is 0 Å². The zero-order chi connectivity index (χ0) is 20.8. The molecule has 0 fully saturated rings. The van der Waals surface area contributed by atoms with Crippen molar-refractivity contribution in [2.45, 2.75) is 52.6 Å². The molecule has 0 bridgehead atoms. The standard InChI is InChI=1S/C21H36N4O3/c1-6-7-15-27-16-14-24-19(22-5)23-13-12-17-8-10-18(11-9-17)25-20(26)28-21(2,3)4/h8-11H,6-7,12-16H2,1-5H3,(H,25,26)(H2,22,23,24). The molecular weight excluding hydrogens is 356 g/mol. The number of unbranched alkanes of at least 4 members (excludes halogenated alkanes) is 1. The number of carbonyl (C=O) groups excluding carboxylic acids is 1. The van der Waals surface area contributed by atoms with E-state index in [4.69, 9.17) is 9.47 Å². The molecular formula is C21H36N4O3. The van der Waals surface area contributed by atoms with Gasteiger partial charge >= 0.3 is 6.09 Å². The van der Waals surface area contributed by atoms with Crippen LogP contribution in [0.25, 0.3) is 0 Å². The summed E-state index contributed by atoms with van der Waals surface area (Å²) in [5.74, 6) is 0.766. The van der Waals surface area contributed by atoms with Crippen molar-refractivity contribution in [1.29, 1.82) is 0 Å². The normalized spacial score (nSPS) is 11.8. The zero-order valence-corrected chi connectivity index (χ0v) is 17.9.